The van der Waals surface area contributed by atoms with E-state index in [2.05, 4.69) is 30.0 Å². The van der Waals surface area contributed by atoms with Crippen LogP contribution in [0.2, 0.25) is 0 Å². The second-order valence-corrected chi connectivity index (χ2v) is 5.59. The lowest BCUT2D eigenvalue weighted by molar-refractivity contribution is -0.537. The first-order chi connectivity index (χ1) is 8.58. The minimum atomic E-state index is 0.424. The van der Waals surface area contributed by atoms with Crippen LogP contribution in [0.1, 0.15) is 48.8 Å². The van der Waals surface area contributed by atoms with Gasteiger partial charge in [-0.25, -0.2) is 4.58 Å². The van der Waals surface area contributed by atoms with Crippen LogP contribution in [0.15, 0.2) is 12.1 Å². The van der Waals surface area contributed by atoms with Crippen LogP contribution in [-0.4, -0.2) is 29.0 Å². The second kappa shape index (κ2) is 5.55. The van der Waals surface area contributed by atoms with Gasteiger partial charge < -0.3 is 5.11 Å². The number of aromatic hydroxyl groups is 1. The van der Waals surface area contributed by atoms with Crippen molar-refractivity contribution in [3.05, 3.63) is 28.8 Å². The Morgan fingerprint density at radius 1 is 1.11 bits per heavy atom. The third-order valence-corrected chi connectivity index (χ3v) is 4.02. The van der Waals surface area contributed by atoms with E-state index in [1.54, 1.807) is 0 Å². The van der Waals surface area contributed by atoms with Gasteiger partial charge in [0, 0.05) is 18.4 Å². The Balaban J connectivity index is 2.21. The van der Waals surface area contributed by atoms with Crippen molar-refractivity contribution < 1.29 is 9.68 Å². The van der Waals surface area contributed by atoms with E-state index in [1.807, 2.05) is 13.8 Å². The van der Waals surface area contributed by atoms with Gasteiger partial charge in [-0.05, 0) is 49.9 Å². The number of aryl methyl sites for hydroxylation is 2. The summed E-state index contributed by atoms with van der Waals surface area (Å²) in [5.41, 5.74) is 3.10. The van der Waals surface area contributed by atoms with E-state index in [9.17, 15) is 5.11 Å². The van der Waals surface area contributed by atoms with Crippen molar-refractivity contribution in [2.24, 2.45) is 0 Å². The predicted molar refractivity (Wildman–Crippen MR) is 75.8 cm³/mol. The van der Waals surface area contributed by atoms with Crippen LogP contribution < -0.4 is 0 Å². The van der Waals surface area contributed by atoms with Crippen LogP contribution in [0.5, 0.6) is 5.75 Å². The molecular weight excluding hydrogens is 222 g/mol. The number of phenolic OH excluding ortho intramolecular Hbond substituents is 1. The van der Waals surface area contributed by atoms with E-state index in [4.69, 9.17) is 0 Å². The molecule has 2 rings (SSSR count). The molecule has 0 saturated heterocycles. The molecule has 1 aliphatic rings. The molecule has 1 saturated carbocycles. The van der Waals surface area contributed by atoms with Gasteiger partial charge in [0.05, 0.1) is 0 Å². The summed E-state index contributed by atoms with van der Waals surface area (Å²) in [6, 6.07) is 4.80. The maximum atomic E-state index is 9.79. The molecule has 2 nitrogen and oxygen atoms in total. The van der Waals surface area contributed by atoms with Crippen LogP contribution in [0.4, 0.5) is 0 Å². The van der Waals surface area contributed by atoms with Crippen molar-refractivity contribution in [3.63, 3.8) is 0 Å². The summed E-state index contributed by atoms with van der Waals surface area (Å²) in [5.74, 6) is 0.424. The quantitative estimate of drug-likeness (QED) is 0.627. The molecule has 1 aromatic carbocycles. The van der Waals surface area contributed by atoms with Crippen molar-refractivity contribution in [2.75, 3.05) is 7.05 Å². The Morgan fingerprint density at radius 2 is 1.67 bits per heavy atom. The minimum absolute atomic E-state index is 0.424. The first kappa shape index (κ1) is 13.1. The fourth-order valence-electron chi connectivity index (χ4n) is 2.89. The molecule has 2 heteroatoms. The van der Waals surface area contributed by atoms with E-state index >= 15 is 0 Å². The summed E-state index contributed by atoms with van der Waals surface area (Å²) in [6.07, 6.45) is 8.94. The largest absolute Gasteiger partial charge is 0.507 e. The molecular formula is C16H24NO+. The fraction of sp³-hybridized carbons (Fsp3) is 0.562. The summed E-state index contributed by atoms with van der Waals surface area (Å²) in [7, 11) is 2.17. The van der Waals surface area contributed by atoms with Gasteiger partial charge in [0.15, 0.2) is 12.3 Å². The van der Waals surface area contributed by atoms with Crippen molar-refractivity contribution in [2.45, 2.75) is 52.0 Å². The monoisotopic (exact) mass is 246 g/mol. The second-order valence-electron chi connectivity index (χ2n) is 5.59. The molecule has 18 heavy (non-hydrogen) atoms. The van der Waals surface area contributed by atoms with Crippen LogP contribution in [0, 0.1) is 13.8 Å². The zero-order chi connectivity index (χ0) is 13.1. The normalized spacial score (nSPS) is 18.1. The Labute approximate surface area is 110 Å². The molecule has 1 fully saturated rings. The summed E-state index contributed by atoms with van der Waals surface area (Å²) in [6.45, 7) is 3.92. The molecule has 0 amide bonds. The summed E-state index contributed by atoms with van der Waals surface area (Å²) in [5, 5.41) is 9.79. The number of rotatable bonds is 2. The highest BCUT2D eigenvalue weighted by Crippen LogP contribution is 2.23. The fourth-order valence-corrected chi connectivity index (χ4v) is 2.89. The van der Waals surface area contributed by atoms with E-state index in [1.165, 1.54) is 37.7 Å². The highest BCUT2D eigenvalue weighted by Gasteiger charge is 2.20. The van der Waals surface area contributed by atoms with E-state index < -0.39 is 0 Å². The third-order valence-electron chi connectivity index (χ3n) is 4.02. The predicted octanol–water partition coefficient (Wildman–Crippen LogP) is 3.40. The molecule has 0 bridgehead atoms. The molecule has 1 N–H and O–H groups in total. The van der Waals surface area contributed by atoms with Crippen molar-refractivity contribution in [1.82, 2.24) is 0 Å². The Kier molecular flexibility index (Phi) is 4.05. The number of phenols is 1. The Bertz CT molecular complexity index is 433. The molecule has 0 aromatic heterocycles. The number of nitrogens with zero attached hydrogens (tertiary/aromatic N) is 1. The van der Waals surface area contributed by atoms with Crippen LogP contribution in [0.3, 0.4) is 0 Å². The number of hydrogen-bond donors (Lipinski definition) is 1. The number of benzene rings is 1. The van der Waals surface area contributed by atoms with Gasteiger partial charge in [0.2, 0.25) is 0 Å². The summed E-state index contributed by atoms with van der Waals surface area (Å²) >= 11 is 0. The first-order valence-electron chi connectivity index (χ1n) is 6.95. The smallest absolute Gasteiger partial charge is 0.170 e. The van der Waals surface area contributed by atoms with E-state index in [0.717, 1.165) is 11.1 Å². The lowest BCUT2D eigenvalue weighted by atomic mass is 9.95. The van der Waals surface area contributed by atoms with Crippen LogP contribution in [-0.2, 0) is 0 Å². The molecule has 1 aromatic rings. The summed E-state index contributed by atoms with van der Waals surface area (Å²) < 4.78 is 2.35. The molecule has 0 aliphatic heterocycles. The number of hydrogen-bond acceptors (Lipinski definition) is 1. The minimum Gasteiger partial charge on any atom is -0.507 e. The average Bonchev–Trinajstić information content (AvgIpc) is 2.37. The van der Waals surface area contributed by atoms with Gasteiger partial charge in [-0.3, -0.25) is 0 Å². The molecule has 0 unspecified atom stereocenters. The lowest BCUT2D eigenvalue weighted by Gasteiger charge is -2.18. The summed E-state index contributed by atoms with van der Waals surface area (Å²) in [4.78, 5) is 0. The first-order valence-corrected chi connectivity index (χ1v) is 6.95. The molecule has 0 radical (unpaired) electrons. The SMILES string of the molecule is Cc1cc(/C=[N+](\C)C2CCCCC2)cc(C)c1O. The highest BCUT2D eigenvalue weighted by molar-refractivity contribution is 5.77. The van der Waals surface area contributed by atoms with Crippen LogP contribution in [0.25, 0.3) is 0 Å². The Hall–Kier alpha value is -1.31. The zero-order valence-corrected chi connectivity index (χ0v) is 11.7. The zero-order valence-electron chi connectivity index (χ0n) is 11.7. The van der Waals surface area contributed by atoms with E-state index in [0.29, 0.717) is 11.8 Å². The standard InChI is InChI=1S/C16H23NO/c1-12-9-14(10-13(2)16(12)18)11-17(3)15-7-5-4-6-8-15/h9-11,15H,4-8H2,1-3H3/p+1. The van der Waals surface area contributed by atoms with Gasteiger partial charge in [0.25, 0.3) is 0 Å². The van der Waals surface area contributed by atoms with Crippen molar-refractivity contribution in [3.8, 4) is 5.75 Å². The Morgan fingerprint density at radius 3 is 2.22 bits per heavy atom. The maximum absolute atomic E-state index is 9.79. The third kappa shape index (κ3) is 2.92. The van der Waals surface area contributed by atoms with Crippen LogP contribution >= 0.6 is 0 Å². The van der Waals surface area contributed by atoms with Gasteiger partial charge in [-0.15, -0.1) is 0 Å². The molecule has 0 atom stereocenters. The lowest BCUT2D eigenvalue weighted by Crippen LogP contribution is -2.26. The van der Waals surface area contributed by atoms with Crippen molar-refractivity contribution >= 4 is 6.21 Å². The highest BCUT2D eigenvalue weighted by atomic mass is 16.3. The average molecular weight is 246 g/mol. The molecule has 98 valence electrons. The maximum Gasteiger partial charge on any atom is 0.170 e. The topological polar surface area (TPSA) is 23.2 Å². The van der Waals surface area contributed by atoms with Gasteiger partial charge >= 0.3 is 0 Å². The van der Waals surface area contributed by atoms with Crippen molar-refractivity contribution in [1.29, 1.82) is 0 Å². The molecule has 0 spiro atoms. The van der Waals surface area contributed by atoms with E-state index in [-0.39, 0.29) is 0 Å². The van der Waals surface area contributed by atoms with Gasteiger partial charge in [0.1, 0.15) is 12.8 Å². The van der Waals surface area contributed by atoms with Gasteiger partial charge in [-0.1, -0.05) is 6.42 Å². The van der Waals surface area contributed by atoms with Gasteiger partial charge in [-0.2, -0.15) is 0 Å². The molecule has 1 aliphatic carbocycles. The molecule has 0 heterocycles.